The highest BCUT2D eigenvalue weighted by Gasteiger charge is 2.64. The van der Waals surface area contributed by atoms with Gasteiger partial charge in [0.25, 0.3) is 0 Å². The highest BCUT2D eigenvalue weighted by Crippen LogP contribution is 2.53. The van der Waals surface area contributed by atoms with Crippen molar-refractivity contribution in [1.82, 2.24) is 19.5 Å². The summed E-state index contributed by atoms with van der Waals surface area (Å²) >= 11 is 0. The summed E-state index contributed by atoms with van der Waals surface area (Å²) in [5.41, 5.74) is 5.86. The summed E-state index contributed by atoms with van der Waals surface area (Å²) in [4.78, 5) is 22.5. The second-order valence-corrected chi connectivity index (χ2v) is 8.41. The lowest BCUT2D eigenvalue weighted by molar-refractivity contribution is -0.188. The number of methoxy groups -OCH3 is 1. The van der Waals surface area contributed by atoms with Gasteiger partial charge >= 0.3 is 7.60 Å². The zero-order valence-electron chi connectivity index (χ0n) is 14.5. The Morgan fingerprint density at radius 3 is 3.00 bits per heavy atom. The molecule has 2 aromatic rings. The molecule has 2 unspecified atom stereocenters. The number of rotatable bonds is 5. The highest BCUT2D eigenvalue weighted by atomic mass is 31.2. The van der Waals surface area contributed by atoms with Crippen molar-refractivity contribution in [3.05, 3.63) is 12.2 Å². The van der Waals surface area contributed by atoms with Crippen LogP contribution in [0.2, 0.25) is 0 Å². The molecule has 2 fully saturated rings. The topological polar surface area (TPSA) is 144 Å². The Hall–Kier alpha value is -1.62. The predicted molar refractivity (Wildman–Crippen MR) is 89.6 cm³/mol. The number of ether oxygens (including phenoxy) is 3. The molecule has 0 aromatic carbocycles. The summed E-state index contributed by atoms with van der Waals surface area (Å²) in [7, 11) is -2.25. The number of hydrogen-bond acceptors (Lipinski definition) is 9. The van der Waals surface area contributed by atoms with Gasteiger partial charge in [-0.15, -0.1) is 0 Å². The number of aromatic nitrogens is 4. The van der Waals surface area contributed by atoms with Gasteiger partial charge in [0.05, 0.1) is 19.5 Å². The Kier molecular flexibility index (Phi) is 4.07. The van der Waals surface area contributed by atoms with E-state index in [2.05, 4.69) is 15.0 Å². The molecule has 12 heteroatoms. The minimum absolute atomic E-state index is 0.146. The fraction of sp³-hybridized carbons (Fsp3) is 0.643. The van der Waals surface area contributed by atoms with E-state index >= 15 is 0 Å². The van der Waals surface area contributed by atoms with Crippen LogP contribution in [0.3, 0.4) is 0 Å². The summed E-state index contributed by atoms with van der Waals surface area (Å²) in [5.74, 6) is 0.761. The third-order valence-electron chi connectivity index (χ3n) is 4.51. The number of aryl methyl sites for hydroxylation is 1. The van der Waals surface area contributed by atoms with Gasteiger partial charge in [-0.2, -0.15) is 0 Å². The normalized spacial score (nSPS) is 33.0. The van der Waals surface area contributed by atoms with E-state index in [1.54, 1.807) is 11.5 Å². The number of nitrogen functional groups attached to an aromatic ring is 1. The van der Waals surface area contributed by atoms with Crippen LogP contribution < -0.4 is 5.73 Å². The molecule has 11 nitrogen and oxygen atoms in total. The van der Waals surface area contributed by atoms with Crippen LogP contribution in [-0.2, 0) is 23.3 Å². The monoisotopic (exact) mass is 385 g/mol. The maximum Gasteiger partial charge on any atom is 0.325 e. The van der Waals surface area contributed by atoms with Crippen LogP contribution in [0, 0.1) is 6.92 Å². The van der Waals surface area contributed by atoms with Gasteiger partial charge in [0.1, 0.15) is 29.2 Å². The van der Waals surface area contributed by atoms with E-state index in [9.17, 15) is 9.46 Å². The van der Waals surface area contributed by atoms with Crippen molar-refractivity contribution in [2.24, 2.45) is 0 Å². The van der Waals surface area contributed by atoms with Gasteiger partial charge in [-0.3, -0.25) is 13.7 Å². The number of imidazole rings is 1. The van der Waals surface area contributed by atoms with Crippen molar-refractivity contribution in [3.63, 3.8) is 0 Å². The molecule has 0 aliphatic carbocycles. The lowest BCUT2D eigenvalue weighted by atomic mass is 10.0. The van der Waals surface area contributed by atoms with E-state index in [0.717, 1.165) is 6.66 Å². The molecule has 0 radical (unpaired) electrons. The smallest absolute Gasteiger partial charge is 0.325 e. The largest absolute Gasteiger partial charge is 0.382 e. The number of hydrogen-bond donors (Lipinski definition) is 2. The zero-order chi connectivity index (χ0) is 18.7. The molecule has 0 spiro atoms. The van der Waals surface area contributed by atoms with Crippen LogP contribution in [-0.4, -0.2) is 69.2 Å². The summed E-state index contributed by atoms with van der Waals surface area (Å²) in [6.07, 6.45) is -0.522. The summed E-state index contributed by atoms with van der Waals surface area (Å²) in [5, 5.41) is 0. The van der Waals surface area contributed by atoms with Crippen LogP contribution >= 0.6 is 7.60 Å². The molecule has 4 heterocycles. The number of anilines is 1. The average molecular weight is 385 g/mol. The van der Waals surface area contributed by atoms with E-state index in [4.69, 9.17) is 24.5 Å². The summed E-state index contributed by atoms with van der Waals surface area (Å²) in [6, 6.07) is 0. The lowest BCUT2D eigenvalue weighted by Gasteiger charge is -2.31. The fourth-order valence-electron chi connectivity index (χ4n) is 3.57. The van der Waals surface area contributed by atoms with Crippen LogP contribution in [0.1, 0.15) is 12.1 Å². The van der Waals surface area contributed by atoms with E-state index in [0.29, 0.717) is 17.0 Å². The van der Waals surface area contributed by atoms with Crippen LogP contribution in [0.25, 0.3) is 11.2 Å². The minimum atomic E-state index is -3.77. The molecule has 0 amide bonds. The molecule has 2 saturated heterocycles. The first-order valence-corrected chi connectivity index (χ1v) is 10.0. The fourth-order valence-corrected chi connectivity index (χ4v) is 4.30. The van der Waals surface area contributed by atoms with Crippen molar-refractivity contribution in [2.75, 3.05) is 32.7 Å². The molecular formula is C14H20N5O6P. The standard InChI is InChI=1S/C14H20N5O6P/c1-7-17-11(15)8-12(18-7)19(6-16-8)13-9-10(25-26(3,20)21)14(24-13,4-22-2)5-23-9/h6,9-10,13H,4-5H2,1-3H3,(H,20,21)(H2,15,17,18)/t9-,10?,13+,14-/m0/s1. The third-order valence-corrected chi connectivity index (χ3v) is 5.12. The SMILES string of the molecule is COC[C@]12CO[C@@H](C1OP(C)(=O)O)[C@H](n1cnc3c(N)nc(C)nc31)O2. The lowest BCUT2D eigenvalue weighted by Crippen LogP contribution is -2.45. The van der Waals surface area contributed by atoms with Gasteiger partial charge in [-0.1, -0.05) is 0 Å². The Morgan fingerprint density at radius 2 is 2.31 bits per heavy atom. The molecule has 2 bridgehead atoms. The predicted octanol–water partition coefficient (Wildman–Crippen LogP) is 0.230. The van der Waals surface area contributed by atoms with E-state index in [1.807, 2.05) is 0 Å². The minimum Gasteiger partial charge on any atom is -0.382 e. The number of nitrogens with zero attached hydrogens (tertiary/aromatic N) is 4. The van der Waals surface area contributed by atoms with Gasteiger partial charge in [0.15, 0.2) is 17.7 Å². The Morgan fingerprint density at radius 1 is 1.54 bits per heavy atom. The van der Waals surface area contributed by atoms with Gasteiger partial charge in [0, 0.05) is 13.8 Å². The number of nitrogens with two attached hydrogens (primary N) is 1. The molecule has 142 valence electrons. The highest BCUT2D eigenvalue weighted by molar-refractivity contribution is 7.51. The molecule has 0 saturated carbocycles. The van der Waals surface area contributed by atoms with E-state index in [-0.39, 0.29) is 19.0 Å². The Balaban J connectivity index is 1.76. The molecule has 5 atom stereocenters. The van der Waals surface area contributed by atoms with Crippen LogP contribution in [0.4, 0.5) is 5.82 Å². The van der Waals surface area contributed by atoms with E-state index < -0.39 is 31.6 Å². The third kappa shape index (κ3) is 2.72. The van der Waals surface area contributed by atoms with Crippen LogP contribution in [0.5, 0.6) is 0 Å². The van der Waals surface area contributed by atoms with Crippen molar-refractivity contribution in [3.8, 4) is 0 Å². The van der Waals surface area contributed by atoms with E-state index in [1.165, 1.54) is 13.4 Å². The Bertz CT molecular complexity index is 899. The molecule has 2 aliphatic rings. The van der Waals surface area contributed by atoms with Gasteiger partial charge in [0.2, 0.25) is 0 Å². The van der Waals surface area contributed by atoms with Gasteiger partial charge < -0.3 is 24.8 Å². The summed E-state index contributed by atoms with van der Waals surface area (Å²) < 4.78 is 36.2. The first-order valence-electron chi connectivity index (χ1n) is 7.98. The van der Waals surface area contributed by atoms with Crippen molar-refractivity contribution >= 4 is 24.6 Å². The second-order valence-electron chi connectivity index (χ2n) is 6.59. The molecule has 26 heavy (non-hydrogen) atoms. The van der Waals surface area contributed by atoms with Crippen molar-refractivity contribution < 1.29 is 28.2 Å². The quantitative estimate of drug-likeness (QED) is 0.686. The zero-order valence-corrected chi connectivity index (χ0v) is 15.4. The first-order chi connectivity index (χ1) is 12.2. The summed E-state index contributed by atoms with van der Waals surface area (Å²) in [6.45, 7) is 3.19. The van der Waals surface area contributed by atoms with Crippen LogP contribution in [0.15, 0.2) is 6.33 Å². The number of fused-ring (bicyclic) bond motifs is 3. The molecule has 2 aromatic heterocycles. The van der Waals surface area contributed by atoms with Gasteiger partial charge in [-0.05, 0) is 6.92 Å². The van der Waals surface area contributed by atoms with Crippen molar-refractivity contribution in [2.45, 2.75) is 31.0 Å². The maximum absolute atomic E-state index is 11.9. The molecule has 3 N–H and O–H groups in total. The Labute approximate surface area is 149 Å². The first kappa shape index (κ1) is 17.8. The second kappa shape index (κ2) is 5.95. The molecule has 4 rings (SSSR count). The molecular weight excluding hydrogens is 365 g/mol. The van der Waals surface area contributed by atoms with Crippen molar-refractivity contribution in [1.29, 1.82) is 0 Å². The van der Waals surface area contributed by atoms with Gasteiger partial charge in [-0.25, -0.2) is 15.0 Å². The maximum atomic E-state index is 11.9. The average Bonchev–Trinajstić information content (AvgIpc) is 3.16. The molecule has 2 aliphatic heterocycles.